The SMILES string of the molecule is c1ccc(C2(c3ccccc3)c3ccccc3-c3cc4c(cc32)c2ccccc2n4-c2cccc(-c3nc4ccccc4c4c5ccccc5c5ccccc5c34)c2)cc1. The molecule has 60 heavy (non-hydrogen) atoms. The predicted molar refractivity (Wildman–Crippen MR) is 251 cm³/mol. The van der Waals surface area contributed by atoms with E-state index in [1.807, 2.05) is 0 Å². The van der Waals surface area contributed by atoms with Gasteiger partial charge in [0.1, 0.15) is 0 Å². The first-order valence-electron chi connectivity index (χ1n) is 20.8. The molecule has 13 rings (SSSR count). The summed E-state index contributed by atoms with van der Waals surface area (Å²) < 4.78 is 2.47. The normalized spacial score (nSPS) is 13.1. The Bertz CT molecular complexity index is 3670. The highest BCUT2D eigenvalue weighted by atomic mass is 15.0. The monoisotopic (exact) mass is 760 g/mol. The van der Waals surface area contributed by atoms with Crippen LogP contribution in [0.25, 0.3) is 93.1 Å². The number of fused-ring (bicyclic) bond motifs is 14. The maximum atomic E-state index is 5.51. The molecule has 2 heteroatoms. The standard InChI is InChI=1S/C58H36N2/c1-3-19-38(20-4-1)58(39-21-5-2-6-22-39)50-31-14-11-26-43(50)48-36-54-49(35-51(48)58)44-27-13-16-33-53(44)60(54)40-23-17-18-37(34-40)57-56-46-29-10-8-25-42(46)41-24-7-9-28-45(41)55(56)47-30-12-15-32-52(47)59-57/h1-36H. The maximum Gasteiger partial charge on any atom is 0.0795 e. The molecule has 0 radical (unpaired) electrons. The molecule has 0 N–H and O–H groups in total. The Morgan fingerprint density at radius 3 is 1.67 bits per heavy atom. The average molecular weight is 761 g/mol. The van der Waals surface area contributed by atoms with Crippen molar-refractivity contribution in [2.75, 3.05) is 0 Å². The quantitative estimate of drug-likeness (QED) is 0.163. The Hall–Kier alpha value is -7.81. The number of benzene rings is 10. The van der Waals surface area contributed by atoms with Crippen LogP contribution in [0.1, 0.15) is 22.3 Å². The summed E-state index contributed by atoms with van der Waals surface area (Å²) >= 11 is 0. The zero-order valence-corrected chi connectivity index (χ0v) is 32.7. The summed E-state index contributed by atoms with van der Waals surface area (Å²) in [6, 6.07) is 80.4. The fourth-order valence-corrected chi connectivity index (χ4v) is 10.8. The maximum absolute atomic E-state index is 5.51. The van der Waals surface area contributed by atoms with Gasteiger partial charge in [-0.1, -0.05) is 182 Å². The molecule has 0 atom stereocenters. The van der Waals surface area contributed by atoms with E-state index in [0.29, 0.717) is 0 Å². The Balaban J connectivity index is 1.11. The number of para-hydroxylation sites is 2. The molecule has 0 fully saturated rings. The van der Waals surface area contributed by atoms with Crippen molar-refractivity contribution in [3.63, 3.8) is 0 Å². The summed E-state index contributed by atoms with van der Waals surface area (Å²) in [7, 11) is 0. The molecule has 2 heterocycles. The minimum absolute atomic E-state index is 0.471. The fourth-order valence-electron chi connectivity index (χ4n) is 10.8. The molecule has 0 saturated carbocycles. The van der Waals surface area contributed by atoms with Crippen molar-refractivity contribution in [3.8, 4) is 28.1 Å². The van der Waals surface area contributed by atoms with E-state index in [4.69, 9.17) is 4.98 Å². The van der Waals surface area contributed by atoms with Crippen LogP contribution in [0, 0.1) is 0 Å². The van der Waals surface area contributed by atoms with E-state index in [0.717, 1.165) is 22.5 Å². The van der Waals surface area contributed by atoms with E-state index in [-0.39, 0.29) is 0 Å². The topological polar surface area (TPSA) is 17.8 Å². The lowest BCUT2D eigenvalue weighted by Gasteiger charge is -2.33. The average Bonchev–Trinajstić information content (AvgIpc) is 3.81. The fraction of sp³-hybridized carbons (Fsp3) is 0.0172. The Morgan fingerprint density at radius 1 is 0.350 bits per heavy atom. The number of aromatic nitrogens is 2. The molecule has 1 aliphatic carbocycles. The molecule has 0 spiro atoms. The molecular weight excluding hydrogens is 725 g/mol. The van der Waals surface area contributed by atoms with Crippen molar-refractivity contribution >= 4 is 65.0 Å². The van der Waals surface area contributed by atoms with Crippen LogP contribution in [0.3, 0.4) is 0 Å². The van der Waals surface area contributed by atoms with Gasteiger partial charge in [0.15, 0.2) is 0 Å². The van der Waals surface area contributed by atoms with Crippen molar-refractivity contribution in [2.24, 2.45) is 0 Å². The van der Waals surface area contributed by atoms with Crippen LogP contribution in [0.5, 0.6) is 0 Å². The van der Waals surface area contributed by atoms with E-state index in [9.17, 15) is 0 Å². The third-order valence-corrected chi connectivity index (χ3v) is 13.2. The minimum atomic E-state index is -0.471. The number of rotatable bonds is 4. The van der Waals surface area contributed by atoms with Gasteiger partial charge in [-0.25, -0.2) is 4.98 Å². The van der Waals surface area contributed by atoms with Crippen LogP contribution in [0.2, 0.25) is 0 Å². The third kappa shape index (κ3) is 4.45. The molecule has 0 aliphatic heterocycles. The number of nitrogens with zero attached hydrogens (tertiary/aromatic N) is 2. The van der Waals surface area contributed by atoms with Crippen molar-refractivity contribution in [3.05, 3.63) is 241 Å². The molecule has 0 saturated heterocycles. The van der Waals surface area contributed by atoms with E-state index >= 15 is 0 Å². The van der Waals surface area contributed by atoms with Gasteiger partial charge in [0, 0.05) is 38.2 Å². The first-order valence-corrected chi connectivity index (χ1v) is 20.8. The number of hydrogen-bond acceptors (Lipinski definition) is 1. The molecule has 12 aromatic rings. The zero-order valence-electron chi connectivity index (χ0n) is 32.7. The molecule has 10 aromatic carbocycles. The Labute approximate surface area is 347 Å². The molecule has 0 amide bonds. The molecule has 1 aliphatic rings. The molecule has 0 unspecified atom stereocenters. The summed E-state index contributed by atoms with van der Waals surface area (Å²) in [5, 5.41) is 11.1. The lowest BCUT2D eigenvalue weighted by molar-refractivity contribution is 0.769. The van der Waals surface area contributed by atoms with Gasteiger partial charge in [-0.15, -0.1) is 0 Å². The van der Waals surface area contributed by atoms with Gasteiger partial charge >= 0.3 is 0 Å². The van der Waals surface area contributed by atoms with Crippen molar-refractivity contribution in [1.82, 2.24) is 9.55 Å². The molecular formula is C58H36N2. The van der Waals surface area contributed by atoms with Gasteiger partial charge in [-0.2, -0.15) is 0 Å². The molecule has 2 aromatic heterocycles. The third-order valence-electron chi connectivity index (χ3n) is 13.2. The number of hydrogen-bond donors (Lipinski definition) is 0. The van der Waals surface area contributed by atoms with Crippen LogP contribution in [-0.4, -0.2) is 9.55 Å². The first-order chi connectivity index (χ1) is 29.8. The minimum Gasteiger partial charge on any atom is -0.309 e. The molecule has 2 nitrogen and oxygen atoms in total. The molecule has 278 valence electrons. The molecule has 0 bridgehead atoms. The Morgan fingerprint density at radius 2 is 0.933 bits per heavy atom. The van der Waals surface area contributed by atoms with Crippen LogP contribution >= 0.6 is 0 Å². The summed E-state index contributed by atoms with van der Waals surface area (Å²) in [4.78, 5) is 5.51. The van der Waals surface area contributed by atoms with Gasteiger partial charge in [0.2, 0.25) is 0 Å². The Kier molecular flexibility index (Phi) is 6.97. The van der Waals surface area contributed by atoms with Gasteiger partial charge in [0.05, 0.1) is 27.7 Å². The highest BCUT2D eigenvalue weighted by molar-refractivity contribution is 6.33. The van der Waals surface area contributed by atoms with Gasteiger partial charge in [0.25, 0.3) is 0 Å². The summed E-state index contributed by atoms with van der Waals surface area (Å²) in [5.41, 5.74) is 13.8. The van der Waals surface area contributed by atoms with Crippen LogP contribution in [0.15, 0.2) is 218 Å². The lowest BCUT2D eigenvalue weighted by Crippen LogP contribution is -2.28. The number of pyridine rings is 1. The van der Waals surface area contributed by atoms with E-state index in [1.165, 1.54) is 92.9 Å². The van der Waals surface area contributed by atoms with Crippen molar-refractivity contribution < 1.29 is 0 Å². The van der Waals surface area contributed by atoms with E-state index in [2.05, 4.69) is 223 Å². The second kappa shape index (κ2) is 12.6. The largest absolute Gasteiger partial charge is 0.309 e. The highest BCUT2D eigenvalue weighted by Gasteiger charge is 2.46. The van der Waals surface area contributed by atoms with Crippen LogP contribution < -0.4 is 0 Å². The summed E-state index contributed by atoms with van der Waals surface area (Å²) in [5.74, 6) is 0. The smallest absolute Gasteiger partial charge is 0.0795 e. The van der Waals surface area contributed by atoms with Crippen LogP contribution in [0.4, 0.5) is 0 Å². The van der Waals surface area contributed by atoms with Crippen molar-refractivity contribution in [2.45, 2.75) is 5.41 Å². The van der Waals surface area contributed by atoms with Gasteiger partial charge in [-0.05, 0) is 91.3 Å². The van der Waals surface area contributed by atoms with E-state index in [1.54, 1.807) is 0 Å². The summed E-state index contributed by atoms with van der Waals surface area (Å²) in [6.07, 6.45) is 0. The second-order valence-corrected chi connectivity index (χ2v) is 16.2. The second-order valence-electron chi connectivity index (χ2n) is 16.2. The lowest BCUT2D eigenvalue weighted by atomic mass is 9.67. The zero-order chi connectivity index (χ0) is 39.4. The summed E-state index contributed by atoms with van der Waals surface area (Å²) in [6.45, 7) is 0. The highest BCUT2D eigenvalue weighted by Crippen LogP contribution is 2.57. The van der Waals surface area contributed by atoms with Gasteiger partial charge < -0.3 is 4.57 Å². The van der Waals surface area contributed by atoms with Gasteiger partial charge in [-0.3, -0.25) is 0 Å². The van der Waals surface area contributed by atoms with E-state index < -0.39 is 5.41 Å². The predicted octanol–water partition coefficient (Wildman–Crippen LogP) is 14.8. The van der Waals surface area contributed by atoms with Crippen LogP contribution in [-0.2, 0) is 5.41 Å². The first kappa shape index (κ1) is 33.2. The van der Waals surface area contributed by atoms with Crippen molar-refractivity contribution in [1.29, 1.82) is 0 Å².